The highest BCUT2D eigenvalue weighted by atomic mass is 35.5. The van der Waals surface area contributed by atoms with E-state index in [0.717, 1.165) is 11.3 Å². The number of hydrogen-bond acceptors (Lipinski definition) is 7. The largest absolute Gasteiger partial charge is 0.450 e. The monoisotopic (exact) mass is 544 g/mol. The molecule has 3 aromatic rings. The molecule has 0 spiro atoms. The van der Waals surface area contributed by atoms with Crippen LogP contribution in [0.25, 0.3) is 5.82 Å². The zero-order valence-electron chi connectivity index (χ0n) is 18.9. The van der Waals surface area contributed by atoms with Crippen LogP contribution in [0.15, 0.2) is 41.6 Å². The van der Waals surface area contributed by atoms with Crippen LogP contribution in [0.5, 0.6) is 0 Å². The predicted molar refractivity (Wildman–Crippen MR) is 131 cm³/mol. The van der Waals surface area contributed by atoms with Gasteiger partial charge in [-0.2, -0.15) is 23.4 Å². The number of primary amides is 1. The second-order valence-corrected chi connectivity index (χ2v) is 7.83. The minimum atomic E-state index is -4.72. The number of nitrogens with two attached hydrogens (primary N) is 2. The molecule has 0 bridgehead atoms. The topological polar surface area (TPSA) is 153 Å². The second kappa shape index (κ2) is 12.2. The van der Waals surface area contributed by atoms with Crippen LogP contribution in [0.2, 0.25) is 10.0 Å². The van der Waals surface area contributed by atoms with Crippen molar-refractivity contribution in [1.82, 2.24) is 20.2 Å². The van der Waals surface area contributed by atoms with Crippen molar-refractivity contribution in [2.75, 3.05) is 12.4 Å². The number of nitrogens with one attached hydrogen (secondary N) is 2. The van der Waals surface area contributed by atoms with Gasteiger partial charge in [-0.3, -0.25) is 9.59 Å². The van der Waals surface area contributed by atoms with E-state index < -0.39 is 17.9 Å². The van der Waals surface area contributed by atoms with Crippen molar-refractivity contribution in [3.8, 4) is 5.82 Å². The summed E-state index contributed by atoms with van der Waals surface area (Å²) in [6, 6.07) is 7.87. The molecule has 10 nitrogen and oxygen atoms in total. The molecule has 15 heteroatoms. The minimum Gasteiger partial charge on any atom is -0.387 e. The molecule has 2 heterocycles. The first-order valence-electron chi connectivity index (χ1n) is 9.95. The Kier molecular flexibility index (Phi) is 9.64. The number of hydrogen-bond donors (Lipinski definition) is 4. The quantitative estimate of drug-likeness (QED) is 0.154. The molecule has 0 saturated heterocycles. The normalized spacial score (nSPS) is 11.4. The summed E-state index contributed by atoms with van der Waals surface area (Å²) in [6.07, 6.45) is -2.74. The van der Waals surface area contributed by atoms with Crippen molar-refractivity contribution in [3.63, 3.8) is 0 Å². The van der Waals surface area contributed by atoms with Crippen LogP contribution in [0.1, 0.15) is 32.1 Å². The van der Waals surface area contributed by atoms with Crippen molar-refractivity contribution < 1.29 is 22.8 Å². The van der Waals surface area contributed by atoms with Gasteiger partial charge in [-0.15, -0.1) is 0 Å². The van der Waals surface area contributed by atoms with Gasteiger partial charge in [0.2, 0.25) is 5.84 Å². The fourth-order valence-electron chi connectivity index (χ4n) is 2.86. The number of pyridine rings is 1. The average molecular weight is 545 g/mol. The van der Waals surface area contributed by atoms with Crippen molar-refractivity contribution in [2.24, 2.45) is 16.6 Å². The van der Waals surface area contributed by atoms with Crippen LogP contribution in [0.3, 0.4) is 0 Å². The average Bonchev–Trinajstić information content (AvgIpc) is 3.21. The fraction of sp³-hybridized carbons (Fsp3) is 0.190. The van der Waals surface area contributed by atoms with Crippen LogP contribution < -0.4 is 22.2 Å². The molecule has 1 amide bonds. The maximum Gasteiger partial charge on any atom is 0.450 e. The highest BCUT2D eigenvalue weighted by molar-refractivity contribution is 6.32. The van der Waals surface area contributed by atoms with Crippen LogP contribution in [0.4, 0.5) is 18.9 Å². The van der Waals surface area contributed by atoms with E-state index >= 15 is 0 Å². The Morgan fingerprint density at radius 3 is 2.50 bits per heavy atom. The molecule has 0 radical (unpaired) electrons. The number of rotatable bonds is 7. The van der Waals surface area contributed by atoms with Gasteiger partial charge in [0.05, 0.1) is 22.8 Å². The number of halogens is 5. The van der Waals surface area contributed by atoms with Crippen LogP contribution in [-0.2, 0) is 6.54 Å². The van der Waals surface area contributed by atoms with Gasteiger partial charge in [0.25, 0.3) is 5.91 Å². The van der Waals surface area contributed by atoms with E-state index in [2.05, 4.69) is 25.9 Å². The van der Waals surface area contributed by atoms with Crippen molar-refractivity contribution in [1.29, 1.82) is 0 Å². The first kappa shape index (κ1) is 28.4. The molecule has 192 valence electrons. The molecule has 0 unspecified atom stereocenters. The number of amides is 1. The Labute approximate surface area is 213 Å². The zero-order chi connectivity index (χ0) is 27.0. The van der Waals surface area contributed by atoms with Gasteiger partial charge in [-0.05, 0) is 42.8 Å². The summed E-state index contributed by atoms with van der Waals surface area (Å²) in [7, 11) is 1.74. The van der Waals surface area contributed by atoms with Crippen molar-refractivity contribution in [3.05, 3.63) is 69.1 Å². The lowest BCUT2D eigenvalue weighted by atomic mass is 10.1. The Bertz CT molecular complexity index is 1280. The zero-order valence-corrected chi connectivity index (χ0v) is 20.4. The number of nitrogens with zero attached hydrogens (tertiary/aromatic N) is 4. The van der Waals surface area contributed by atoms with Crippen LogP contribution >= 0.6 is 23.2 Å². The van der Waals surface area contributed by atoms with Gasteiger partial charge < -0.3 is 22.2 Å². The Hall–Kier alpha value is -3.84. The van der Waals surface area contributed by atoms with Gasteiger partial charge in [0.15, 0.2) is 12.1 Å². The van der Waals surface area contributed by atoms with E-state index in [1.54, 1.807) is 31.3 Å². The third-order valence-electron chi connectivity index (χ3n) is 4.41. The first-order valence-corrected chi connectivity index (χ1v) is 10.7. The molecular weight excluding hydrogens is 524 g/mol. The van der Waals surface area contributed by atoms with Gasteiger partial charge >= 0.3 is 6.18 Å². The molecule has 0 atom stereocenters. The smallest absolute Gasteiger partial charge is 0.387 e. The van der Waals surface area contributed by atoms with Crippen molar-refractivity contribution >= 4 is 46.9 Å². The SMILES string of the molecule is CNc1c(C)cc(Cl)cc1C(N)=O.N/C(=N\NCc1cc(C=O)n(-c2ncccc2Cl)n1)C(F)(F)F. The lowest BCUT2D eigenvalue weighted by molar-refractivity contribution is -0.0603. The molecule has 2 aromatic heterocycles. The van der Waals surface area contributed by atoms with E-state index in [1.165, 1.54) is 16.9 Å². The predicted octanol–water partition coefficient (Wildman–Crippen LogP) is 3.45. The summed E-state index contributed by atoms with van der Waals surface area (Å²) in [5.41, 5.74) is 14.5. The lowest BCUT2D eigenvalue weighted by Gasteiger charge is -2.09. The molecule has 0 aliphatic heterocycles. The van der Waals surface area contributed by atoms with E-state index in [0.29, 0.717) is 16.9 Å². The van der Waals surface area contributed by atoms with Gasteiger partial charge in [-0.1, -0.05) is 23.2 Å². The molecular formula is C21H21Cl2F3N8O2. The summed E-state index contributed by atoms with van der Waals surface area (Å²) in [4.78, 5) is 26.1. The molecule has 36 heavy (non-hydrogen) atoms. The molecule has 3 rings (SSSR count). The highest BCUT2D eigenvalue weighted by Gasteiger charge is 2.33. The third kappa shape index (κ3) is 7.33. The molecule has 0 fully saturated rings. The minimum absolute atomic E-state index is 0.134. The number of alkyl halides is 3. The summed E-state index contributed by atoms with van der Waals surface area (Å²) in [5.74, 6) is -1.77. The maximum atomic E-state index is 12.2. The van der Waals surface area contributed by atoms with Gasteiger partial charge in [0, 0.05) is 24.0 Å². The summed E-state index contributed by atoms with van der Waals surface area (Å²) < 4.78 is 37.7. The van der Waals surface area contributed by atoms with E-state index in [4.69, 9.17) is 34.7 Å². The number of aldehydes is 1. The first-order chi connectivity index (χ1) is 16.9. The molecule has 0 aliphatic carbocycles. The number of anilines is 1. The number of benzene rings is 1. The number of aromatic nitrogens is 3. The third-order valence-corrected chi connectivity index (χ3v) is 4.93. The molecule has 0 aliphatic rings. The number of hydrazone groups is 1. The molecule has 1 aromatic carbocycles. The maximum absolute atomic E-state index is 12.2. The summed E-state index contributed by atoms with van der Waals surface area (Å²) in [5, 5.41) is 10.7. The van der Waals surface area contributed by atoms with E-state index in [9.17, 15) is 22.8 Å². The number of carbonyl (C=O) groups excluding carboxylic acids is 2. The standard InChI is InChI=1S/C12H10ClF3N6O.C9H11ClN2O/c13-9-2-1-3-18-10(9)22-8(6-23)4-7(21-22)5-19-20-11(17)12(14,15)16;1-5-3-6(10)4-7(9(11)13)8(5)12-2/h1-4,6,19H,5H2,(H2,17,20);3-4,12H,1-2H3,(H2,11,13). The van der Waals surface area contributed by atoms with Crippen LogP contribution in [0, 0.1) is 6.92 Å². The molecule has 0 saturated carbocycles. The van der Waals surface area contributed by atoms with Gasteiger partial charge in [-0.25, -0.2) is 9.67 Å². The summed E-state index contributed by atoms with van der Waals surface area (Å²) in [6.45, 7) is 1.69. The highest BCUT2D eigenvalue weighted by Crippen LogP contribution is 2.24. The number of aryl methyl sites for hydroxylation is 1. The number of carbonyl (C=O) groups is 2. The second-order valence-electron chi connectivity index (χ2n) is 6.99. The van der Waals surface area contributed by atoms with Gasteiger partial charge in [0.1, 0.15) is 5.69 Å². The molecule has 6 N–H and O–H groups in total. The van der Waals surface area contributed by atoms with E-state index in [-0.39, 0.29) is 28.8 Å². The lowest BCUT2D eigenvalue weighted by Crippen LogP contribution is -2.33. The fourth-order valence-corrected chi connectivity index (χ4v) is 3.33. The van der Waals surface area contributed by atoms with Crippen molar-refractivity contribution in [2.45, 2.75) is 19.6 Å². The van der Waals surface area contributed by atoms with Crippen LogP contribution in [-0.4, -0.2) is 46.0 Å². The summed E-state index contributed by atoms with van der Waals surface area (Å²) >= 11 is 11.8. The Balaban J connectivity index is 0.000000297. The Morgan fingerprint density at radius 2 is 1.94 bits per heavy atom. The number of amidine groups is 1. The Morgan fingerprint density at radius 1 is 1.25 bits per heavy atom. The van der Waals surface area contributed by atoms with E-state index in [1.807, 2.05) is 6.92 Å².